The van der Waals surface area contributed by atoms with Gasteiger partial charge >= 0.3 is 5.97 Å². The number of ether oxygens (including phenoxy) is 1. The number of ketones is 1. The maximum absolute atomic E-state index is 11.0. The molecule has 0 aromatic heterocycles. The van der Waals surface area contributed by atoms with E-state index in [4.69, 9.17) is 9.57 Å². The summed E-state index contributed by atoms with van der Waals surface area (Å²) < 4.78 is 5.06. The van der Waals surface area contributed by atoms with Gasteiger partial charge in [0.1, 0.15) is 12.2 Å². The van der Waals surface area contributed by atoms with Crippen LogP contribution in [0.3, 0.4) is 0 Å². The molecule has 0 saturated carbocycles. The zero-order valence-electron chi connectivity index (χ0n) is 7.62. The molecular weight excluding hydrogens is 174 g/mol. The van der Waals surface area contributed by atoms with Crippen LogP contribution in [0.1, 0.15) is 13.3 Å². The standard InChI is InChI=1S/C8H13NO4/c1-7(10)6-8(11)13-9-2-4-12-5-3-9/h2-6H2,1H3. The second-order valence-electron chi connectivity index (χ2n) is 2.88. The van der Waals surface area contributed by atoms with Gasteiger partial charge in [-0.3, -0.25) is 4.79 Å². The summed E-state index contributed by atoms with van der Waals surface area (Å²) in [5.74, 6) is -0.673. The number of Topliss-reactive ketones (excluding diaryl/α,β-unsaturated/α-hetero) is 1. The lowest BCUT2D eigenvalue weighted by atomic mass is 10.3. The molecule has 0 amide bonds. The Balaban J connectivity index is 2.22. The summed E-state index contributed by atoms with van der Waals surface area (Å²) >= 11 is 0. The Labute approximate surface area is 76.6 Å². The van der Waals surface area contributed by atoms with Crippen molar-refractivity contribution in [1.82, 2.24) is 5.06 Å². The SMILES string of the molecule is CC(=O)CC(=O)ON1CCOCC1. The minimum absolute atomic E-state index is 0.155. The third-order valence-electron chi connectivity index (χ3n) is 1.59. The van der Waals surface area contributed by atoms with E-state index in [1.807, 2.05) is 0 Å². The van der Waals surface area contributed by atoms with E-state index in [0.29, 0.717) is 26.3 Å². The van der Waals surface area contributed by atoms with Gasteiger partial charge in [0.05, 0.1) is 26.3 Å². The summed E-state index contributed by atoms with van der Waals surface area (Å²) in [6.07, 6.45) is -0.155. The number of rotatable bonds is 3. The molecule has 1 rings (SSSR count). The zero-order chi connectivity index (χ0) is 9.68. The number of carbonyl (C=O) groups is 2. The van der Waals surface area contributed by atoms with Crippen molar-refractivity contribution in [3.05, 3.63) is 0 Å². The number of hydroxylamine groups is 2. The molecule has 0 N–H and O–H groups in total. The Morgan fingerprint density at radius 1 is 1.38 bits per heavy atom. The highest BCUT2D eigenvalue weighted by Crippen LogP contribution is 1.99. The van der Waals surface area contributed by atoms with Gasteiger partial charge in [0.25, 0.3) is 0 Å². The second kappa shape index (κ2) is 4.94. The average molecular weight is 187 g/mol. The van der Waals surface area contributed by atoms with E-state index in [9.17, 15) is 9.59 Å². The number of carbonyl (C=O) groups excluding carboxylic acids is 2. The summed E-state index contributed by atoms with van der Waals surface area (Å²) in [5.41, 5.74) is 0. The van der Waals surface area contributed by atoms with Gasteiger partial charge in [-0.2, -0.15) is 0 Å². The van der Waals surface area contributed by atoms with E-state index >= 15 is 0 Å². The van der Waals surface area contributed by atoms with Crippen molar-refractivity contribution < 1.29 is 19.2 Å². The van der Waals surface area contributed by atoms with Gasteiger partial charge in [-0.25, -0.2) is 4.79 Å². The van der Waals surface area contributed by atoms with Gasteiger partial charge in [-0.05, 0) is 6.92 Å². The molecule has 1 heterocycles. The molecule has 1 aliphatic rings. The molecule has 5 heteroatoms. The highest BCUT2D eigenvalue weighted by Gasteiger charge is 2.15. The van der Waals surface area contributed by atoms with Crippen LogP contribution in [0.25, 0.3) is 0 Å². The molecule has 1 aliphatic heterocycles. The first kappa shape index (κ1) is 10.1. The van der Waals surface area contributed by atoms with Crippen LogP contribution in [0.2, 0.25) is 0 Å². The number of hydrogen-bond donors (Lipinski definition) is 0. The smallest absolute Gasteiger partial charge is 0.332 e. The average Bonchev–Trinajstić information content (AvgIpc) is 2.04. The molecule has 0 bridgehead atoms. The lowest BCUT2D eigenvalue weighted by Gasteiger charge is -2.24. The Morgan fingerprint density at radius 3 is 2.54 bits per heavy atom. The van der Waals surface area contributed by atoms with Gasteiger partial charge < -0.3 is 9.57 Å². The van der Waals surface area contributed by atoms with Crippen LogP contribution < -0.4 is 0 Å². The number of hydrogen-bond acceptors (Lipinski definition) is 5. The Hall–Kier alpha value is -0.940. The van der Waals surface area contributed by atoms with Crippen molar-refractivity contribution in [2.45, 2.75) is 13.3 Å². The molecule has 5 nitrogen and oxygen atoms in total. The summed E-state index contributed by atoms with van der Waals surface area (Å²) in [7, 11) is 0. The molecule has 0 unspecified atom stereocenters. The van der Waals surface area contributed by atoms with Crippen LogP contribution in [0.5, 0.6) is 0 Å². The first-order valence-electron chi connectivity index (χ1n) is 4.21. The Bertz CT molecular complexity index is 198. The minimum Gasteiger partial charge on any atom is -0.379 e. The quantitative estimate of drug-likeness (QED) is 0.570. The summed E-state index contributed by atoms with van der Waals surface area (Å²) in [5, 5.41) is 1.52. The van der Waals surface area contributed by atoms with Crippen LogP contribution in [-0.4, -0.2) is 43.1 Å². The molecule has 0 aromatic carbocycles. The van der Waals surface area contributed by atoms with Gasteiger partial charge in [0.15, 0.2) is 0 Å². The fourth-order valence-electron chi connectivity index (χ4n) is 1.02. The molecule has 0 aliphatic carbocycles. The van der Waals surface area contributed by atoms with Crippen LogP contribution in [0, 0.1) is 0 Å². The van der Waals surface area contributed by atoms with E-state index < -0.39 is 5.97 Å². The third kappa shape index (κ3) is 4.00. The van der Waals surface area contributed by atoms with Gasteiger partial charge in [0, 0.05) is 0 Å². The molecule has 0 aromatic rings. The molecule has 0 atom stereocenters. The normalized spacial score (nSPS) is 18.2. The highest BCUT2D eigenvalue weighted by atomic mass is 16.7. The lowest BCUT2D eigenvalue weighted by Crippen LogP contribution is -2.38. The van der Waals surface area contributed by atoms with Crippen molar-refractivity contribution in [2.75, 3.05) is 26.3 Å². The van der Waals surface area contributed by atoms with Crippen LogP contribution in [0.15, 0.2) is 0 Å². The van der Waals surface area contributed by atoms with E-state index in [1.165, 1.54) is 12.0 Å². The minimum atomic E-state index is -0.491. The molecule has 74 valence electrons. The van der Waals surface area contributed by atoms with Gasteiger partial charge in [-0.15, -0.1) is 5.06 Å². The van der Waals surface area contributed by atoms with Crippen molar-refractivity contribution in [3.8, 4) is 0 Å². The van der Waals surface area contributed by atoms with E-state index in [1.54, 1.807) is 0 Å². The van der Waals surface area contributed by atoms with Crippen molar-refractivity contribution in [2.24, 2.45) is 0 Å². The second-order valence-corrected chi connectivity index (χ2v) is 2.88. The maximum Gasteiger partial charge on any atom is 0.332 e. The Morgan fingerprint density at radius 2 is 2.00 bits per heavy atom. The van der Waals surface area contributed by atoms with Crippen LogP contribution >= 0.6 is 0 Å². The van der Waals surface area contributed by atoms with Crippen molar-refractivity contribution in [3.63, 3.8) is 0 Å². The Kier molecular flexibility index (Phi) is 3.85. The van der Waals surface area contributed by atoms with Crippen molar-refractivity contribution >= 4 is 11.8 Å². The summed E-state index contributed by atoms with van der Waals surface area (Å²) in [6.45, 7) is 3.63. The first-order valence-corrected chi connectivity index (χ1v) is 4.21. The first-order chi connectivity index (χ1) is 6.18. The molecule has 0 spiro atoms. The summed E-state index contributed by atoms with van der Waals surface area (Å²) in [4.78, 5) is 26.4. The molecule has 1 fully saturated rings. The maximum atomic E-state index is 11.0. The molecular formula is C8H13NO4. The van der Waals surface area contributed by atoms with Crippen molar-refractivity contribution in [1.29, 1.82) is 0 Å². The fourth-order valence-corrected chi connectivity index (χ4v) is 1.02. The highest BCUT2D eigenvalue weighted by molar-refractivity contribution is 5.93. The van der Waals surface area contributed by atoms with Crippen LogP contribution in [-0.2, 0) is 19.2 Å². The number of nitrogens with zero attached hydrogens (tertiary/aromatic N) is 1. The molecule has 1 saturated heterocycles. The third-order valence-corrected chi connectivity index (χ3v) is 1.59. The van der Waals surface area contributed by atoms with Crippen LogP contribution in [0.4, 0.5) is 0 Å². The lowest BCUT2D eigenvalue weighted by molar-refractivity contribution is -0.205. The van der Waals surface area contributed by atoms with E-state index in [2.05, 4.69) is 0 Å². The topological polar surface area (TPSA) is 55.8 Å². The summed E-state index contributed by atoms with van der Waals surface area (Å²) in [6, 6.07) is 0. The fraction of sp³-hybridized carbons (Fsp3) is 0.750. The largest absolute Gasteiger partial charge is 0.379 e. The number of morpholine rings is 1. The molecule has 0 radical (unpaired) electrons. The van der Waals surface area contributed by atoms with E-state index in [0.717, 1.165) is 0 Å². The van der Waals surface area contributed by atoms with Gasteiger partial charge in [-0.1, -0.05) is 0 Å². The monoisotopic (exact) mass is 187 g/mol. The zero-order valence-corrected chi connectivity index (χ0v) is 7.62. The molecule has 13 heavy (non-hydrogen) atoms. The predicted molar refractivity (Wildman–Crippen MR) is 43.8 cm³/mol. The van der Waals surface area contributed by atoms with Gasteiger partial charge in [0.2, 0.25) is 0 Å². The van der Waals surface area contributed by atoms with E-state index in [-0.39, 0.29) is 12.2 Å². The predicted octanol–water partition coefficient (Wildman–Crippen LogP) is -0.244.